The molecule has 0 unspecified atom stereocenters. The van der Waals surface area contributed by atoms with Crippen molar-refractivity contribution in [2.24, 2.45) is 0 Å². The van der Waals surface area contributed by atoms with Gasteiger partial charge in [-0.2, -0.15) is 0 Å². The number of hydrogen-bond acceptors (Lipinski definition) is 1. The Morgan fingerprint density at radius 1 is 0.800 bits per heavy atom. The third kappa shape index (κ3) is 4.80. The van der Waals surface area contributed by atoms with Crippen LogP contribution in [0.1, 0.15) is 29.3 Å². The van der Waals surface area contributed by atoms with Crippen molar-refractivity contribution in [1.29, 1.82) is 0 Å². The summed E-state index contributed by atoms with van der Waals surface area (Å²) in [7, 11) is 0. The standard InChI is InChI=1S/C23H23NO/c1-18(12-13-19-8-4-2-5-9-19)24-23(25)22-16-14-21(15-17-22)20-10-6-3-7-11-20/h2-11,14-18H,12-13H2,1H3,(H,24,25)/t18-/m1/s1. The van der Waals surface area contributed by atoms with E-state index in [9.17, 15) is 4.79 Å². The average Bonchev–Trinajstić information content (AvgIpc) is 2.68. The molecule has 2 heteroatoms. The van der Waals surface area contributed by atoms with Crippen LogP contribution in [-0.2, 0) is 6.42 Å². The maximum Gasteiger partial charge on any atom is 0.251 e. The van der Waals surface area contributed by atoms with Gasteiger partial charge >= 0.3 is 0 Å². The molecule has 0 aliphatic carbocycles. The Morgan fingerprint density at radius 3 is 2.00 bits per heavy atom. The number of benzene rings is 3. The van der Waals surface area contributed by atoms with Gasteiger partial charge in [-0.1, -0.05) is 72.8 Å². The number of hydrogen-bond donors (Lipinski definition) is 1. The molecule has 1 N–H and O–H groups in total. The highest BCUT2D eigenvalue weighted by Gasteiger charge is 2.10. The van der Waals surface area contributed by atoms with Gasteiger partial charge in [0.05, 0.1) is 0 Å². The molecule has 0 spiro atoms. The molecular formula is C23H23NO. The van der Waals surface area contributed by atoms with Crippen molar-refractivity contribution in [2.45, 2.75) is 25.8 Å². The van der Waals surface area contributed by atoms with E-state index < -0.39 is 0 Å². The quantitative estimate of drug-likeness (QED) is 0.669. The maximum absolute atomic E-state index is 12.4. The first-order chi connectivity index (χ1) is 12.2. The number of amides is 1. The zero-order valence-corrected chi connectivity index (χ0v) is 14.5. The average molecular weight is 329 g/mol. The number of nitrogens with one attached hydrogen (secondary N) is 1. The fourth-order valence-corrected chi connectivity index (χ4v) is 2.85. The van der Waals surface area contributed by atoms with E-state index in [2.05, 4.69) is 36.5 Å². The SMILES string of the molecule is C[C@H](CCc1ccccc1)NC(=O)c1ccc(-c2ccccc2)cc1. The third-order valence-electron chi connectivity index (χ3n) is 4.34. The van der Waals surface area contributed by atoms with Crippen molar-refractivity contribution in [2.75, 3.05) is 0 Å². The molecule has 1 atom stereocenters. The first-order valence-corrected chi connectivity index (χ1v) is 8.72. The number of carbonyl (C=O) groups is 1. The van der Waals surface area contributed by atoms with Crippen molar-refractivity contribution in [3.8, 4) is 11.1 Å². The van der Waals surface area contributed by atoms with Crippen LogP contribution < -0.4 is 5.32 Å². The van der Waals surface area contributed by atoms with Crippen LogP contribution in [0.25, 0.3) is 11.1 Å². The Morgan fingerprint density at radius 2 is 1.36 bits per heavy atom. The Hall–Kier alpha value is -2.87. The van der Waals surface area contributed by atoms with Gasteiger partial charge in [-0.15, -0.1) is 0 Å². The topological polar surface area (TPSA) is 29.1 Å². The van der Waals surface area contributed by atoms with Gasteiger partial charge in [-0.05, 0) is 48.6 Å². The second kappa shape index (κ2) is 8.29. The van der Waals surface area contributed by atoms with Crippen molar-refractivity contribution in [1.82, 2.24) is 5.32 Å². The van der Waals surface area contributed by atoms with E-state index in [0.717, 1.165) is 24.0 Å². The Labute approximate surface area is 149 Å². The summed E-state index contributed by atoms with van der Waals surface area (Å²) in [4.78, 5) is 12.4. The monoisotopic (exact) mass is 329 g/mol. The largest absolute Gasteiger partial charge is 0.350 e. The van der Waals surface area contributed by atoms with E-state index in [1.165, 1.54) is 5.56 Å². The van der Waals surface area contributed by atoms with Crippen LogP contribution >= 0.6 is 0 Å². The molecule has 0 fully saturated rings. The summed E-state index contributed by atoms with van der Waals surface area (Å²) in [6, 6.07) is 28.5. The lowest BCUT2D eigenvalue weighted by molar-refractivity contribution is 0.0938. The van der Waals surface area contributed by atoms with Crippen LogP contribution in [0.15, 0.2) is 84.9 Å². The molecule has 25 heavy (non-hydrogen) atoms. The predicted octanol–water partition coefficient (Wildman–Crippen LogP) is 5.10. The van der Waals surface area contributed by atoms with Gasteiger partial charge in [0.15, 0.2) is 0 Å². The Kier molecular flexibility index (Phi) is 5.63. The molecular weight excluding hydrogens is 306 g/mol. The maximum atomic E-state index is 12.4. The summed E-state index contributed by atoms with van der Waals surface area (Å²) < 4.78 is 0. The summed E-state index contributed by atoms with van der Waals surface area (Å²) in [5.41, 5.74) is 4.28. The summed E-state index contributed by atoms with van der Waals surface area (Å²) in [6.45, 7) is 2.05. The van der Waals surface area contributed by atoms with Crippen molar-refractivity contribution in [3.63, 3.8) is 0 Å². The van der Waals surface area contributed by atoms with Crippen LogP contribution in [0, 0.1) is 0 Å². The minimum atomic E-state index is -0.0137. The summed E-state index contributed by atoms with van der Waals surface area (Å²) in [5.74, 6) is -0.0137. The second-order valence-corrected chi connectivity index (χ2v) is 6.34. The highest BCUT2D eigenvalue weighted by Crippen LogP contribution is 2.19. The van der Waals surface area contributed by atoms with Crippen molar-refractivity contribution >= 4 is 5.91 Å². The molecule has 0 heterocycles. The molecule has 1 amide bonds. The van der Waals surface area contributed by atoms with E-state index in [1.807, 2.05) is 60.7 Å². The van der Waals surface area contributed by atoms with Crippen molar-refractivity contribution < 1.29 is 4.79 Å². The molecule has 0 bridgehead atoms. The molecule has 0 aliphatic rings. The van der Waals surface area contributed by atoms with E-state index in [4.69, 9.17) is 0 Å². The van der Waals surface area contributed by atoms with E-state index >= 15 is 0 Å². The van der Waals surface area contributed by atoms with E-state index in [1.54, 1.807) is 0 Å². The number of aryl methyl sites for hydroxylation is 1. The lowest BCUT2D eigenvalue weighted by Gasteiger charge is -2.14. The Balaban J connectivity index is 1.55. The summed E-state index contributed by atoms with van der Waals surface area (Å²) >= 11 is 0. The highest BCUT2D eigenvalue weighted by molar-refractivity contribution is 5.94. The fraction of sp³-hybridized carbons (Fsp3) is 0.174. The van der Waals surface area contributed by atoms with E-state index in [-0.39, 0.29) is 11.9 Å². The fourth-order valence-electron chi connectivity index (χ4n) is 2.85. The van der Waals surface area contributed by atoms with Gasteiger partial charge in [0.2, 0.25) is 0 Å². The lowest BCUT2D eigenvalue weighted by atomic mass is 10.0. The molecule has 0 saturated heterocycles. The zero-order valence-electron chi connectivity index (χ0n) is 14.5. The summed E-state index contributed by atoms with van der Waals surface area (Å²) in [6.07, 6.45) is 1.90. The summed E-state index contributed by atoms with van der Waals surface area (Å²) in [5, 5.41) is 3.09. The second-order valence-electron chi connectivity index (χ2n) is 6.34. The van der Waals surface area contributed by atoms with Crippen LogP contribution in [0.4, 0.5) is 0 Å². The molecule has 0 radical (unpaired) electrons. The van der Waals surface area contributed by atoms with Crippen molar-refractivity contribution in [3.05, 3.63) is 96.1 Å². The molecule has 3 rings (SSSR count). The van der Waals surface area contributed by atoms with Gasteiger partial charge in [0.1, 0.15) is 0 Å². The zero-order chi connectivity index (χ0) is 17.5. The molecule has 3 aromatic carbocycles. The smallest absolute Gasteiger partial charge is 0.251 e. The molecule has 0 aromatic heterocycles. The molecule has 3 aromatic rings. The van der Waals surface area contributed by atoms with Crippen LogP contribution in [0.3, 0.4) is 0 Å². The third-order valence-corrected chi connectivity index (χ3v) is 4.34. The molecule has 126 valence electrons. The van der Waals surface area contributed by atoms with Gasteiger partial charge < -0.3 is 5.32 Å². The molecule has 0 aliphatic heterocycles. The van der Waals surface area contributed by atoms with Gasteiger partial charge in [-0.25, -0.2) is 0 Å². The predicted molar refractivity (Wildman–Crippen MR) is 104 cm³/mol. The van der Waals surface area contributed by atoms with Gasteiger partial charge in [-0.3, -0.25) is 4.79 Å². The first kappa shape index (κ1) is 17.0. The van der Waals surface area contributed by atoms with Crippen LogP contribution in [0.5, 0.6) is 0 Å². The minimum absolute atomic E-state index is 0.0137. The lowest BCUT2D eigenvalue weighted by Crippen LogP contribution is -2.32. The normalized spacial score (nSPS) is 11.7. The Bertz CT molecular complexity index is 795. The molecule has 2 nitrogen and oxygen atoms in total. The number of rotatable bonds is 6. The number of carbonyl (C=O) groups excluding carboxylic acids is 1. The highest BCUT2D eigenvalue weighted by atomic mass is 16.1. The van der Waals surface area contributed by atoms with E-state index in [0.29, 0.717) is 5.56 Å². The van der Waals surface area contributed by atoms with Gasteiger partial charge in [0, 0.05) is 11.6 Å². The van der Waals surface area contributed by atoms with Crippen LogP contribution in [0.2, 0.25) is 0 Å². The minimum Gasteiger partial charge on any atom is -0.350 e. The first-order valence-electron chi connectivity index (χ1n) is 8.72. The van der Waals surface area contributed by atoms with Crippen LogP contribution in [-0.4, -0.2) is 11.9 Å². The molecule has 0 saturated carbocycles. The van der Waals surface area contributed by atoms with Gasteiger partial charge in [0.25, 0.3) is 5.91 Å².